The number of benzene rings is 2. The van der Waals surface area contributed by atoms with Crippen LogP contribution in [0.15, 0.2) is 60.0 Å². The van der Waals surface area contributed by atoms with Crippen LogP contribution >= 0.6 is 11.3 Å². The molecule has 0 N–H and O–H groups in total. The maximum absolute atomic E-state index is 13.5. The summed E-state index contributed by atoms with van der Waals surface area (Å²) in [5.74, 6) is 1.39. The Morgan fingerprint density at radius 3 is 2.47 bits per heavy atom. The molecule has 0 saturated carbocycles. The smallest absolute Gasteiger partial charge is 0.270 e. The van der Waals surface area contributed by atoms with Gasteiger partial charge in [0.1, 0.15) is 11.5 Å². The van der Waals surface area contributed by atoms with Crippen LogP contribution in [0.3, 0.4) is 0 Å². The number of thiophene rings is 1. The van der Waals surface area contributed by atoms with E-state index < -0.39 is 0 Å². The molecular weight excluding hydrogens is 453 g/mol. The molecule has 0 aliphatic carbocycles. The number of hydrogen-bond acceptors (Lipinski definition) is 5. The molecule has 4 aromatic rings. The number of carbonyl (C=O) groups excluding carboxylic acids is 1. The number of rotatable bonds is 5. The van der Waals surface area contributed by atoms with Crippen molar-refractivity contribution in [3.8, 4) is 11.5 Å². The van der Waals surface area contributed by atoms with Crippen LogP contribution in [0.4, 0.5) is 4.39 Å². The first-order valence-electron chi connectivity index (χ1n) is 11.4. The van der Waals surface area contributed by atoms with Crippen LogP contribution in [0.25, 0.3) is 10.2 Å². The number of halogens is 1. The second-order valence-electron chi connectivity index (χ2n) is 8.67. The molecule has 0 radical (unpaired) electrons. The SMILES string of the molecule is O=C(c1cc2sccc2n1Cc1ccc(F)cc1)N1CCN(Cc2ccc3c(c2)OCO3)CC1. The number of hydrogen-bond donors (Lipinski definition) is 0. The van der Waals surface area contributed by atoms with E-state index in [1.807, 2.05) is 34.5 Å². The van der Waals surface area contributed by atoms with Crippen LogP contribution < -0.4 is 9.47 Å². The average Bonchev–Trinajstić information content (AvgIpc) is 3.58. The maximum Gasteiger partial charge on any atom is 0.270 e. The third kappa shape index (κ3) is 4.03. The Balaban J connectivity index is 1.15. The summed E-state index contributed by atoms with van der Waals surface area (Å²) in [4.78, 5) is 17.8. The Bertz CT molecular complexity index is 1340. The summed E-state index contributed by atoms with van der Waals surface area (Å²) >= 11 is 1.63. The van der Waals surface area contributed by atoms with Crippen LogP contribution in [0.2, 0.25) is 0 Å². The van der Waals surface area contributed by atoms with Gasteiger partial charge in [-0.25, -0.2) is 4.39 Å². The highest BCUT2D eigenvalue weighted by Gasteiger charge is 2.26. The molecule has 0 unspecified atom stereocenters. The van der Waals surface area contributed by atoms with E-state index in [2.05, 4.69) is 15.5 Å². The van der Waals surface area contributed by atoms with Crippen LogP contribution in [-0.4, -0.2) is 53.2 Å². The normalized spacial score (nSPS) is 15.9. The summed E-state index contributed by atoms with van der Waals surface area (Å²) in [6, 6.07) is 16.6. The lowest BCUT2D eigenvalue weighted by Crippen LogP contribution is -2.48. The molecule has 0 spiro atoms. The van der Waals surface area contributed by atoms with E-state index in [0.29, 0.717) is 25.3 Å². The highest BCUT2D eigenvalue weighted by molar-refractivity contribution is 7.17. The van der Waals surface area contributed by atoms with Gasteiger partial charge in [-0.05, 0) is 52.9 Å². The Morgan fingerprint density at radius 2 is 1.65 bits per heavy atom. The maximum atomic E-state index is 13.5. The van der Waals surface area contributed by atoms with Crippen LogP contribution in [0.5, 0.6) is 11.5 Å². The van der Waals surface area contributed by atoms with E-state index in [1.165, 1.54) is 17.7 Å². The molecule has 2 aromatic heterocycles. The van der Waals surface area contributed by atoms with Gasteiger partial charge in [-0.1, -0.05) is 18.2 Å². The summed E-state index contributed by atoms with van der Waals surface area (Å²) in [6.07, 6.45) is 0. The molecule has 8 heteroatoms. The Morgan fingerprint density at radius 1 is 0.882 bits per heavy atom. The van der Waals surface area contributed by atoms with Gasteiger partial charge in [0.25, 0.3) is 5.91 Å². The summed E-state index contributed by atoms with van der Waals surface area (Å²) < 4.78 is 27.4. The van der Waals surface area contributed by atoms with Crippen molar-refractivity contribution in [2.24, 2.45) is 0 Å². The van der Waals surface area contributed by atoms with Crippen molar-refractivity contribution in [1.29, 1.82) is 0 Å². The van der Waals surface area contributed by atoms with Gasteiger partial charge in [-0.2, -0.15) is 0 Å². The highest BCUT2D eigenvalue weighted by Crippen LogP contribution is 2.33. The summed E-state index contributed by atoms with van der Waals surface area (Å²) in [6.45, 7) is 4.61. The molecule has 2 aromatic carbocycles. The standard InChI is InChI=1S/C26H24FN3O3S/c27-20-4-1-18(2-5-20)16-30-21-7-12-34-25(21)14-22(30)26(31)29-10-8-28(9-11-29)15-19-3-6-23-24(13-19)33-17-32-23/h1-7,12-14H,8-11,15-17H2. The average molecular weight is 478 g/mol. The molecule has 0 atom stereocenters. The third-order valence-corrected chi connectivity index (χ3v) is 7.35. The summed E-state index contributed by atoms with van der Waals surface area (Å²) in [5, 5.41) is 2.04. The van der Waals surface area contributed by atoms with Crippen molar-refractivity contribution in [3.05, 3.63) is 82.6 Å². The number of piperazine rings is 1. The number of amides is 1. The summed E-state index contributed by atoms with van der Waals surface area (Å²) in [5.41, 5.74) is 3.87. The fourth-order valence-electron chi connectivity index (χ4n) is 4.67. The van der Waals surface area contributed by atoms with Gasteiger partial charge < -0.3 is 18.9 Å². The van der Waals surface area contributed by atoms with Gasteiger partial charge in [0.2, 0.25) is 6.79 Å². The molecule has 0 bridgehead atoms. The highest BCUT2D eigenvalue weighted by atomic mass is 32.1. The van der Waals surface area contributed by atoms with Gasteiger partial charge >= 0.3 is 0 Å². The first kappa shape index (κ1) is 21.2. The zero-order valence-electron chi connectivity index (χ0n) is 18.6. The first-order valence-corrected chi connectivity index (χ1v) is 12.2. The van der Waals surface area contributed by atoms with E-state index in [0.717, 1.165) is 46.9 Å². The fraction of sp³-hybridized carbons (Fsp3) is 0.269. The predicted octanol–water partition coefficient (Wildman–Crippen LogP) is 4.58. The molecule has 6 nitrogen and oxygen atoms in total. The van der Waals surface area contributed by atoms with Gasteiger partial charge in [0.05, 0.1) is 10.2 Å². The molecule has 4 heterocycles. The molecule has 34 heavy (non-hydrogen) atoms. The van der Waals surface area contributed by atoms with E-state index in [-0.39, 0.29) is 18.5 Å². The zero-order valence-corrected chi connectivity index (χ0v) is 19.4. The monoisotopic (exact) mass is 477 g/mol. The number of carbonyl (C=O) groups is 1. The fourth-order valence-corrected chi connectivity index (χ4v) is 5.49. The molecule has 2 aliphatic rings. The minimum absolute atomic E-state index is 0.0493. The van der Waals surface area contributed by atoms with Crippen molar-refractivity contribution >= 4 is 27.5 Å². The zero-order chi connectivity index (χ0) is 23.1. The second kappa shape index (κ2) is 8.77. The lowest BCUT2D eigenvalue weighted by molar-refractivity contribution is 0.0619. The molecule has 1 amide bonds. The number of nitrogens with zero attached hydrogens (tertiary/aromatic N) is 3. The van der Waals surface area contributed by atoms with Gasteiger partial charge in [-0.15, -0.1) is 11.3 Å². The summed E-state index contributed by atoms with van der Waals surface area (Å²) in [7, 11) is 0. The van der Waals surface area contributed by atoms with E-state index in [1.54, 1.807) is 23.5 Å². The molecular formula is C26H24FN3O3S. The lowest BCUT2D eigenvalue weighted by Gasteiger charge is -2.35. The Hall–Kier alpha value is -3.36. The van der Waals surface area contributed by atoms with Crippen molar-refractivity contribution < 1.29 is 18.7 Å². The third-order valence-electron chi connectivity index (χ3n) is 6.50. The molecule has 6 rings (SSSR count). The molecule has 174 valence electrons. The topological polar surface area (TPSA) is 46.9 Å². The minimum Gasteiger partial charge on any atom is -0.454 e. The minimum atomic E-state index is -0.258. The quantitative estimate of drug-likeness (QED) is 0.422. The molecule has 2 aliphatic heterocycles. The van der Waals surface area contributed by atoms with Gasteiger partial charge in [0.15, 0.2) is 11.5 Å². The molecule has 1 fully saturated rings. The predicted molar refractivity (Wildman–Crippen MR) is 129 cm³/mol. The Labute approximate surface area is 200 Å². The van der Waals surface area contributed by atoms with Crippen molar-refractivity contribution in [3.63, 3.8) is 0 Å². The van der Waals surface area contributed by atoms with Crippen LogP contribution in [0, 0.1) is 5.82 Å². The van der Waals surface area contributed by atoms with Gasteiger partial charge in [0, 0.05) is 39.3 Å². The van der Waals surface area contributed by atoms with Crippen molar-refractivity contribution in [1.82, 2.24) is 14.4 Å². The van der Waals surface area contributed by atoms with Crippen LogP contribution in [0.1, 0.15) is 21.6 Å². The lowest BCUT2D eigenvalue weighted by atomic mass is 10.1. The molecule has 1 saturated heterocycles. The first-order chi connectivity index (χ1) is 16.6. The van der Waals surface area contributed by atoms with E-state index >= 15 is 0 Å². The van der Waals surface area contributed by atoms with E-state index in [4.69, 9.17) is 9.47 Å². The number of fused-ring (bicyclic) bond motifs is 2. The van der Waals surface area contributed by atoms with Crippen LogP contribution in [-0.2, 0) is 13.1 Å². The largest absolute Gasteiger partial charge is 0.454 e. The Kier molecular flexibility index (Phi) is 5.47. The van der Waals surface area contributed by atoms with Gasteiger partial charge in [-0.3, -0.25) is 9.69 Å². The number of ether oxygens (including phenoxy) is 2. The van der Waals surface area contributed by atoms with Crippen molar-refractivity contribution in [2.75, 3.05) is 33.0 Å². The number of aromatic nitrogens is 1. The van der Waals surface area contributed by atoms with Crippen molar-refractivity contribution in [2.45, 2.75) is 13.1 Å². The second-order valence-corrected chi connectivity index (χ2v) is 9.62. The van der Waals surface area contributed by atoms with E-state index in [9.17, 15) is 9.18 Å².